The molecule has 2 aromatic heterocycles. The molecule has 0 atom stereocenters. The molecule has 2 aromatic rings. The van der Waals surface area contributed by atoms with E-state index in [1.165, 1.54) is 10.5 Å². The Bertz CT molecular complexity index is 584. The monoisotopic (exact) mass is 352 g/mol. The molecule has 90 valence electrons. The SMILES string of the molecule is FC(F)(F)c1cccn2c(I)c(C3CC3)nc12. The van der Waals surface area contributed by atoms with Crippen molar-refractivity contribution in [3.63, 3.8) is 0 Å². The van der Waals surface area contributed by atoms with Crippen LogP contribution in [0, 0.1) is 3.70 Å². The van der Waals surface area contributed by atoms with Crippen LogP contribution in [0.25, 0.3) is 5.65 Å². The number of imidazole rings is 1. The van der Waals surface area contributed by atoms with E-state index in [4.69, 9.17) is 0 Å². The van der Waals surface area contributed by atoms with Gasteiger partial charge in [0, 0.05) is 12.1 Å². The van der Waals surface area contributed by atoms with Gasteiger partial charge in [-0.2, -0.15) is 13.2 Å². The summed E-state index contributed by atoms with van der Waals surface area (Å²) in [6, 6.07) is 2.49. The minimum atomic E-state index is -4.35. The van der Waals surface area contributed by atoms with Crippen LogP contribution in [-0.2, 0) is 6.18 Å². The zero-order chi connectivity index (χ0) is 12.2. The molecule has 0 aliphatic heterocycles. The zero-order valence-electron chi connectivity index (χ0n) is 8.63. The molecular formula is C11H8F3IN2. The summed E-state index contributed by atoms with van der Waals surface area (Å²) in [5, 5.41) is 0. The Morgan fingerprint density at radius 2 is 2.06 bits per heavy atom. The summed E-state index contributed by atoms with van der Waals surface area (Å²) < 4.78 is 40.8. The maximum absolute atomic E-state index is 12.8. The van der Waals surface area contributed by atoms with Crippen LogP contribution in [0.15, 0.2) is 18.3 Å². The summed E-state index contributed by atoms with van der Waals surface area (Å²) >= 11 is 2.07. The van der Waals surface area contributed by atoms with Crippen LogP contribution in [-0.4, -0.2) is 9.38 Å². The zero-order valence-corrected chi connectivity index (χ0v) is 10.8. The lowest BCUT2D eigenvalue weighted by atomic mass is 10.2. The lowest BCUT2D eigenvalue weighted by molar-refractivity contribution is -0.136. The molecule has 0 saturated heterocycles. The molecule has 0 radical (unpaired) electrons. The highest BCUT2D eigenvalue weighted by Crippen LogP contribution is 2.42. The fourth-order valence-electron chi connectivity index (χ4n) is 1.89. The van der Waals surface area contributed by atoms with Crippen LogP contribution in [0.1, 0.15) is 30.0 Å². The molecule has 0 amide bonds. The van der Waals surface area contributed by atoms with Gasteiger partial charge >= 0.3 is 6.18 Å². The number of halogens is 4. The highest BCUT2D eigenvalue weighted by Gasteiger charge is 2.36. The van der Waals surface area contributed by atoms with Crippen LogP contribution in [0.4, 0.5) is 13.2 Å². The van der Waals surface area contributed by atoms with Crippen molar-refractivity contribution in [1.29, 1.82) is 0 Å². The summed E-state index contributed by atoms with van der Waals surface area (Å²) in [7, 11) is 0. The molecular weight excluding hydrogens is 344 g/mol. The normalized spacial score (nSPS) is 16.7. The minimum absolute atomic E-state index is 0.0197. The second-order valence-electron chi connectivity index (χ2n) is 4.18. The van der Waals surface area contributed by atoms with Crippen molar-refractivity contribution in [2.45, 2.75) is 24.9 Å². The Morgan fingerprint density at radius 3 is 2.65 bits per heavy atom. The highest BCUT2D eigenvalue weighted by molar-refractivity contribution is 14.1. The van der Waals surface area contributed by atoms with E-state index in [2.05, 4.69) is 27.6 Å². The highest BCUT2D eigenvalue weighted by atomic mass is 127. The van der Waals surface area contributed by atoms with E-state index in [0.717, 1.165) is 28.3 Å². The van der Waals surface area contributed by atoms with Crippen molar-refractivity contribution in [3.8, 4) is 0 Å². The summed E-state index contributed by atoms with van der Waals surface area (Å²) in [4.78, 5) is 4.18. The third-order valence-corrected chi connectivity index (χ3v) is 3.96. The second kappa shape index (κ2) is 3.60. The van der Waals surface area contributed by atoms with E-state index in [-0.39, 0.29) is 5.65 Å². The largest absolute Gasteiger partial charge is 0.419 e. The Labute approximate surface area is 109 Å². The van der Waals surface area contributed by atoms with Gasteiger partial charge in [0.1, 0.15) is 9.35 Å². The first-order valence-electron chi connectivity index (χ1n) is 5.22. The van der Waals surface area contributed by atoms with E-state index in [1.807, 2.05) is 0 Å². The van der Waals surface area contributed by atoms with E-state index >= 15 is 0 Å². The van der Waals surface area contributed by atoms with Crippen LogP contribution < -0.4 is 0 Å². The molecule has 0 aromatic carbocycles. The summed E-state index contributed by atoms with van der Waals surface area (Å²) in [5.41, 5.74) is 0.165. The second-order valence-corrected chi connectivity index (χ2v) is 5.20. The number of aromatic nitrogens is 2. The van der Waals surface area contributed by atoms with Gasteiger partial charge in [0.15, 0.2) is 0 Å². The third kappa shape index (κ3) is 1.82. The maximum Gasteiger partial charge on any atom is 0.419 e. The van der Waals surface area contributed by atoms with Crippen LogP contribution in [0.3, 0.4) is 0 Å². The number of fused-ring (bicyclic) bond motifs is 1. The maximum atomic E-state index is 12.8. The van der Waals surface area contributed by atoms with E-state index in [0.29, 0.717) is 5.92 Å². The molecule has 1 aliphatic rings. The summed E-state index contributed by atoms with van der Waals surface area (Å²) in [5.74, 6) is 0.350. The number of pyridine rings is 1. The standard InChI is InChI=1S/C11H8F3IN2/c12-11(13,14)7-2-1-5-17-9(15)8(6-3-4-6)16-10(7)17/h1-2,5-6H,3-4H2. The summed E-state index contributed by atoms with van der Waals surface area (Å²) in [6.07, 6.45) is -0.661. The van der Waals surface area contributed by atoms with E-state index < -0.39 is 11.7 Å². The Morgan fingerprint density at radius 1 is 1.35 bits per heavy atom. The van der Waals surface area contributed by atoms with Gasteiger partial charge in [-0.05, 0) is 47.6 Å². The Kier molecular flexibility index (Phi) is 2.39. The number of alkyl halides is 3. The fourth-order valence-corrected chi connectivity index (χ4v) is 2.84. The third-order valence-electron chi connectivity index (χ3n) is 2.89. The van der Waals surface area contributed by atoms with Crippen molar-refractivity contribution in [1.82, 2.24) is 9.38 Å². The molecule has 1 fully saturated rings. The van der Waals surface area contributed by atoms with E-state index in [1.54, 1.807) is 6.20 Å². The molecule has 1 saturated carbocycles. The average Bonchev–Trinajstić information content (AvgIpc) is 3.03. The van der Waals surface area contributed by atoms with Gasteiger partial charge in [0.05, 0.1) is 11.3 Å². The topological polar surface area (TPSA) is 17.3 Å². The van der Waals surface area contributed by atoms with Gasteiger partial charge in [-0.3, -0.25) is 4.40 Å². The predicted molar refractivity (Wildman–Crippen MR) is 64.9 cm³/mol. The molecule has 0 spiro atoms. The lowest BCUT2D eigenvalue weighted by Crippen LogP contribution is -2.07. The first-order chi connectivity index (χ1) is 7.98. The van der Waals surface area contributed by atoms with E-state index in [9.17, 15) is 13.2 Å². The van der Waals surface area contributed by atoms with Crippen molar-refractivity contribution < 1.29 is 13.2 Å². The molecule has 0 N–H and O–H groups in total. The smallest absolute Gasteiger partial charge is 0.294 e. The first-order valence-corrected chi connectivity index (χ1v) is 6.30. The molecule has 2 nitrogen and oxygen atoms in total. The molecule has 17 heavy (non-hydrogen) atoms. The van der Waals surface area contributed by atoms with Gasteiger partial charge in [-0.15, -0.1) is 0 Å². The van der Waals surface area contributed by atoms with Gasteiger partial charge < -0.3 is 0 Å². The number of rotatable bonds is 1. The van der Waals surface area contributed by atoms with Crippen molar-refractivity contribution in [2.75, 3.05) is 0 Å². The molecule has 1 aliphatic carbocycles. The van der Waals surface area contributed by atoms with Gasteiger partial charge in [-0.25, -0.2) is 4.98 Å². The van der Waals surface area contributed by atoms with Crippen LogP contribution >= 0.6 is 22.6 Å². The number of hydrogen-bond acceptors (Lipinski definition) is 1. The van der Waals surface area contributed by atoms with Crippen molar-refractivity contribution >= 4 is 28.2 Å². The number of hydrogen-bond donors (Lipinski definition) is 0. The van der Waals surface area contributed by atoms with Crippen LogP contribution in [0.5, 0.6) is 0 Å². The van der Waals surface area contributed by atoms with Crippen LogP contribution in [0.2, 0.25) is 0 Å². The minimum Gasteiger partial charge on any atom is -0.294 e. The predicted octanol–water partition coefficient (Wildman–Crippen LogP) is 3.84. The molecule has 2 heterocycles. The quantitative estimate of drug-likeness (QED) is 0.713. The number of nitrogens with zero attached hydrogens (tertiary/aromatic N) is 2. The Balaban J connectivity index is 2.28. The molecule has 0 unspecified atom stereocenters. The van der Waals surface area contributed by atoms with Crippen molar-refractivity contribution in [3.05, 3.63) is 33.3 Å². The fraction of sp³-hybridized carbons (Fsp3) is 0.364. The van der Waals surface area contributed by atoms with Crippen molar-refractivity contribution in [2.24, 2.45) is 0 Å². The Hall–Kier alpha value is -0.790. The average molecular weight is 352 g/mol. The molecule has 3 rings (SSSR count). The molecule has 0 bridgehead atoms. The molecule has 6 heteroatoms. The summed E-state index contributed by atoms with van der Waals surface area (Å²) in [6.45, 7) is 0. The lowest BCUT2D eigenvalue weighted by Gasteiger charge is -2.07. The van der Waals surface area contributed by atoms with Gasteiger partial charge in [0.2, 0.25) is 0 Å². The van der Waals surface area contributed by atoms with Gasteiger partial charge in [-0.1, -0.05) is 0 Å². The first kappa shape index (κ1) is 11.3. The van der Waals surface area contributed by atoms with Gasteiger partial charge in [0.25, 0.3) is 0 Å².